The minimum absolute atomic E-state index is 0.0511. The zero-order valence-electron chi connectivity index (χ0n) is 15.3. The molecule has 2 aromatic rings. The second-order valence-electron chi connectivity index (χ2n) is 6.76. The Kier molecular flexibility index (Phi) is 6.17. The van der Waals surface area contributed by atoms with Gasteiger partial charge in [0.2, 0.25) is 15.9 Å². The summed E-state index contributed by atoms with van der Waals surface area (Å²) in [6, 6.07) is 6.54. The van der Waals surface area contributed by atoms with Crippen LogP contribution in [0.4, 0.5) is 0 Å². The molecule has 3 rings (SSSR count). The molecule has 0 unspecified atom stereocenters. The topological polar surface area (TPSA) is 121 Å². The van der Waals surface area contributed by atoms with Crippen LogP contribution in [0.5, 0.6) is 0 Å². The van der Waals surface area contributed by atoms with Crippen LogP contribution in [-0.2, 0) is 21.2 Å². The number of amides is 1. The normalized spacial score (nSPS) is 16.8. The monoisotopic (exact) mass is 392 g/mol. The molecule has 0 aliphatic carbocycles. The Morgan fingerprint density at radius 3 is 2.56 bits per heavy atom. The molecule has 1 saturated heterocycles. The summed E-state index contributed by atoms with van der Waals surface area (Å²) in [5.41, 5.74) is 0.761. The van der Waals surface area contributed by atoms with Gasteiger partial charge in [0.05, 0.1) is 11.3 Å². The number of nitrogens with zero attached hydrogens (tertiary/aromatic N) is 4. The van der Waals surface area contributed by atoms with Crippen molar-refractivity contribution in [3.8, 4) is 0 Å². The molecular weight excluding hydrogens is 368 g/mol. The number of hydrogen-bond donors (Lipinski definition) is 2. The van der Waals surface area contributed by atoms with E-state index in [4.69, 9.17) is 0 Å². The van der Waals surface area contributed by atoms with E-state index >= 15 is 0 Å². The van der Waals surface area contributed by atoms with Crippen LogP contribution in [0.2, 0.25) is 0 Å². The molecule has 10 heteroatoms. The maximum absolute atomic E-state index is 12.6. The maximum atomic E-state index is 12.6. The van der Waals surface area contributed by atoms with Crippen LogP contribution < -0.4 is 5.32 Å². The highest BCUT2D eigenvalue weighted by atomic mass is 32.2. The number of carbonyl (C=O) groups is 1. The van der Waals surface area contributed by atoms with Gasteiger partial charge in [0.15, 0.2) is 5.82 Å². The highest BCUT2D eigenvalue weighted by Gasteiger charge is 2.25. The summed E-state index contributed by atoms with van der Waals surface area (Å²) >= 11 is 0. The van der Waals surface area contributed by atoms with E-state index in [9.17, 15) is 13.2 Å². The highest BCUT2D eigenvalue weighted by Crippen LogP contribution is 2.21. The first-order valence-corrected chi connectivity index (χ1v) is 10.5. The first kappa shape index (κ1) is 19.4. The van der Waals surface area contributed by atoms with E-state index in [0.29, 0.717) is 25.5 Å². The molecule has 0 bridgehead atoms. The predicted octanol–water partition coefficient (Wildman–Crippen LogP) is 0.837. The Morgan fingerprint density at radius 2 is 1.93 bits per heavy atom. The molecule has 1 aliphatic rings. The third-order valence-corrected chi connectivity index (χ3v) is 6.56. The Hall–Kier alpha value is -2.33. The van der Waals surface area contributed by atoms with Crippen LogP contribution in [0.3, 0.4) is 0 Å². The lowest BCUT2D eigenvalue weighted by Gasteiger charge is -2.25. The van der Waals surface area contributed by atoms with Gasteiger partial charge in [-0.2, -0.15) is 9.52 Å². The quantitative estimate of drug-likeness (QED) is 0.720. The molecule has 1 fully saturated rings. The van der Waals surface area contributed by atoms with Crippen molar-refractivity contribution in [2.45, 2.75) is 43.4 Å². The van der Waals surface area contributed by atoms with E-state index in [1.807, 2.05) is 6.92 Å². The van der Waals surface area contributed by atoms with Gasteiger partial charge in [-0.1, -0.05) is 30.7 Å². The van der Waals surface area contributed by atoms with Gasteiger partial charge >= 0.3 is 0 Å². The van der Waals surface area contributed by atoms with E-state index in [-0.39, 0.29) is 23.1 Å². The SMILES string of the molecule is C[C@H](CNC(=O)Cc1ccc(S(=O)(=O)N2CCCCC2)cc1)c1nn[nH]n1. The summed E-state index contributed by atoms with van der Waals surface area (Å²) in [5.74, 6) is 0.351. The number of benzene rings is 1. The van der Waals surface area contributed by atoms with Crippen molar-refractivity contribution in [3.63, 3.8) is 0 Å². The summed E-state index contributed by atoms with van der Waals surface area (Å²) < 4.78 is 26.8. The predicted molar refractivity (Wildman–Crippen MR) is 98.4 cm³/mol. The Balaban J connectivity index is 1.54. The summed E-state index contributed by atoms with van der Waals surface area (Å²) in [7, 11) is -3.44. The fraction of sp³-hybridized carbons (Fsp3) is 0.529. The number of piperidine rings is 1. The minimum Gasteiger partial charge on any atom is -0.355 e. The second kappa shape index (κ2) is 8.57. The average Bonchev–Trinajstić information content (AvgIpc) is 3.22. The molecule has 146 valence electrons. The molecule has 2 N–H and O–H groups in total. The lowest BCUT2D eigenvalue weighted by atomic mass is 10.1. The standard InChI is InChI=1S/C17H24N6O3S/c1-13(17-19-21-22-20-17)12-18-16(24)11-14-5-7-15(8-6-14)27(25,26)23-9-3-2-4-10-23/h5-8,13H,2-4,9-12H2,1H3,(H,18,24)(H,19,20,21,22)/t13-/m1/s1. The van der Waals surface area contributed by atoms with Crippen molar-refractivity contribution < 1.29 is 13.2 Å². The summed E-state index contributed by atoms with van der Waals surface area (Å²) in [6.45, 7) is 3.45. The minimum atomic E-state index is -3.44. The van der Waals surface area contributed by atoms with Gasteiger partial charge in [0.1, 0.15) is 0 Å². The largest absolute Gasteiger partial charge is 0.355 e. The van der Waals surface area contributed by atoms with Gasteiger partial charge in [-0.15, -0.1) is 10.2 Å². The highest BCUT2D eigenvalue weighted by molar-refractivity contribution is 7.89. The van der Waals surface area contributed by atoms with E-state index in [0.717, 1.165) is 24.8 Å². The first-order valence-electron chi connectivity index (χ1n) is 9.06. The molecular formula is C17H24N6O3S. The molecule has 2 heterocycles. The van der Waals surface area contributed by atoms with Crippen LogP contribution in [0, 0.1) is 0 Å². The molecule has 1 aromatic heterocycles. The molecule has 1 amide bonds. The number of aromatic amines is 1. The third-order valence-electron chi connectivity index (χ3n) is 4.65. The van der Waals surface area contributed by atoms with Crippen molar-refractivity contribution in [3.05, 3.63) is 35.7 Å². The smallest absolute Gasteiger partial charge is 0.243 e. The van der Waals surface area contributed by atoms with Gasteiger partial charge in [-0.3, -0.25) is 4.79 Å². The van der Waals surface area contributed by atoms with Gasteiger partial charge in [-0.25, -0.2) is 8.42 Å². The number of carbonyl (C=O) groups excluding carboxylic acids is 1. The molecule has 1 atom stereocenters. The van der Waals surface area contributed by atoms with E-state index in [2.05, 4.69) is 25.9 Å². The fourth-order valence-electron chi connectivity index (χ4n) is 3.02. The lowest BCUT2D eigenvalue weighted by Crippen LogP contribution is -2.35. The summed E-state index contributed by atoms with van der Waals surface area (Å²) in [6.07, 6.45) is 3.06. The number of hydrogen-bond acceptors (Lipinski definition) is 6. The van der Waals surface area contributed by atoms with Crippen molar-refractivity contribution in [2.75, 3.05) is 19.6 Å². The van der Waals surface area contributed by atoms with Gasteiger partial charge in [0.25, 0.3) is 0 Å². The Bertz CT molecular complexity index is 845. The summed E-state index contributed by atoms with van der Waals surface area (Å²) in [5, 5.41) is 16.5. The van der Waals surface area contributed by atoms with Gasteiger partial charge in [0, 0.05) is 25.6 Å². The molecule has 9 nitrogen and oxygen atoms in total. The number of rotatable bonds is 7. The van der Waals surface area contributed by atoms with Crippen LogP contribution in [0.1, 0.15) is 43.5 Å². The molecule has 1 aliphatic heterocycles. The number of sulfonamides is 1. The lowest BCUT2D eigenvalue weighted by molar-refractivity contribution is -0.120. The number of tetrazole rings is 1. The number of nitrogens with one attached hydrogen (secondary N) is 2. The molecule has 0 saturated carbocycles. The zero-order chi connectivity index (χ0) is 19.3. The van der Waals surface area contributed by atoms with Gasteiger partial charge in [-0.05, 0) is 30.5 Å². The fourth-order valence-corrected chi connectivity index (χ4v) is 4.54. The van der Waals surface area contributed by atoms with Gasteiger partial charge < -0.3 is 5.32 Å². The van der Waals surface area contributed by atoms with Crippen molar-refractivity contribution in [2.24, 2.45) is 0 Å². The second-order valence-corrected chi connectivity index (χ2v) is 8.70. The van der Waals surface area contributed by atoms with E-state index < -0.39 is 10.0 Å². The summed E-state index contributed by atoms with van der Waals surface area (Å²) in [4.78, 5) is 12.4. The molecule has 0 radical (unpaired) electrons. The van der Waals surface area contributed by atoms with Crippen LogP contribution in [0.15, 0.2) is 29.2 Å². The van der Waals surface area contributed by atoms with Crippen LogP contribution in [0.25, 0.3) is 0 Å². The Labute approximate surface area is 158 Å². The molecule has 0 spiro atoms. The van der Waals surface area contributed by atoms with Crippen molar-refractivity contribution in [1.29, 1.82) is 0 Å². The van der Waals surface area contributed by atoms with E-state index in [1.165, 1.54) is 4.31 Å². The van der Waals surface area contributed by atoms with Crippen molar-refractivity contribution >= 4 is 15.9 Å². The number of aromatic nitrogens is 4. The first-order chi connectivity index (χ1) is 13.0. The Morgan fingerprint density at radius 1 is 1.22 bits per heavy atom. The molecule has 1 aromatic carbocycles. The third kappa shape index (κ3) is 4.89. The van der Waals surface area contributed by atoms with Crippen molar-refractivity contribution in [1.82, 2.24) is 30.2 Å². The van der Waals surface area contributed by atoms with E-state index in [1.54, 1.807) is 24.3 Å². The van der Waals surface area contributed by atoms with Crippen LogP contribution in [-0.4, -0.2) is 58.9 Å². The van der Waals surface area contributed by atoms with Crippen LogP contribution >= 0.6 is 0 Å². The maximum Gasteiger partial charge on any atom is 0.243 e. The zero-order valence-corrected chi connectivity index (χ0v) is 16.1. The average molecular weight is 392 g/mol. The number of H-pyrrole nitrogens is 1. The molecule has 27 heavy (non-hydrogen) atoms.